The first-order valence-electron chi connectivity index (χ1n) is 5.16. The van der Waals surface area contributed by atoms with Crippen LogP contribution < -0.4 is 5.32 Å². The normalized spacial score (nSPS) is 11.9. The average Bonchev–Trinajstić information content (AvgIpc) is 2.74. The smallest absolute Gasteiger partial charge is 0.320 e. The number of carbonyl (C=O) groups excluding carboxylic acids is 1. The number of amides is 1. The number of nitriles is 1. The number of thiophene rings is 1. The minimum Gasteiger partial charge on any atom is -0.480 e. The van der Waals surface area contributed by atoms with Crippen molar-refractivity contribution in [2.24, 2.45) is 0 Å². The van der Waals surface area contributed by atoms with Gasteiger partial charge in [0.25, 0.3) is 0 Å². The van der Waals surface area contributed by atoms with Gasteiger partial charge in [-0.05, 0) is 25.4 Å². The van der Waals surface area contributed by atoms with Crippen molar-refractivity contribution in [3.63, 3.8) is 0 Å². The number of hydrogen-bond acceptors (Lipinski definition) is 5. The summed E-state index contributed by atoms with van der Waals surface area (Å²) < 4.78 is 0. The first kappa shape index (κ1) is 14.2. The fraction of sp³-hybridized carbons (Fsp3) is 0.364. The highest BCUT2D eigenvalue weighted by molar-refractivity contribution is 7.14. The molecule has 0 fully saturated rings. The predicted octanol–water partition coefficient (Wildman–Crippen LogP) is 0.963. The van der Waals surface area contributed by atoms with E-state index in [9.17, 15) is 9.59 Å². The SMILES string of the molecule is CC(C(=O)O)N(C)CC(=O)Nc1sccc1C#N. The van der Waals surface area contributed by atoms with Gasteiger partial charge in [-0.15, -0.1) is 11.3 Å². The number of carboxylic acid groups (broad SMARTS) is 1. The lowest BCUT2D eigenvalue weighted by Crippen LogP contribution is -2.40. The van der Waals surface area contributed by atoms with E-state index in [1.54, 1.807) is 18.5 Å². The molecule has 7 heteroatoms. The molecular formula is C11H13N3O3S. The Morgan fingerprint density at radius 3 is 2.89 bits per heavy atom. The van der Waals surface area contributed by atoms with Crippen LogP contribution in [-0.4, -0.2) is 41.5 Å². The van der Waals surface area contributed by atoms with Crippen molar-refractivity contribution in [1.82, 2.24) is 4.90 Å². The summed E-state index contributed by atoms with van der Waals surface area (Å²) in [5, 5.41) is 22.3. The number of nitrogens with zero attached hydrogens (tertiary/aromatic N) is 2. The average molecular weight is 267 g/mol. The van der Waals surface area contributed by atoms with Crippen LogP contribution in [-0.2, 0) is 9.59 Å². The number of hydrogen-bond donors (Lipinski definition) is 2. The molecule has 6 nitrogen and oxygen atoms in total. The lowest BCUT2D eigenvalue weighted by molar-refractivity contribution is -0.142. The van der Waals surface area contributed by atoms with Crippen LogP contribution in [0.1, 0.15) is 12.5 Å². The summed E-state index contributed by atoms with van der Waals surface area (Å²) in [6.45, 7) is 1.46. The van der Waals surface area contributed by atoms with Crippen molar-refractivity contribution in [3.05, 3.63) is 17.0 Å². The topological polar surface area (TPSA) is 93.4 Å². The molecule has 0 aliphatic rings. The summed E-state index contributed by atoms with van der Waals surface area (Å²) in [6.07, 6.45) is 0. The van der Waals surface area contributed by atoms with Crippen LogP contribution in [0.4, 0.5) is 5.00 Å². The fourth-order valence-corrected chi connectivity index (χ4v) is 1.97. The Morgan fingerprint density at radius 1 is 1.67 bits per heavy atom. The van der Waals surface area contributed by atoms with Gasteiger partial charge in [-0.1, -0.05) is 0 Å². The molecule has 0 aliphatic heterocycles. The lowest BCUT2D eigenvalue weighted by atomic mass is 10.3. The standard InChI is InChI=1S/C11H13N3O3S/c1-7(11(16)17)14(2)6-9(15)13-10-8(5-12)3-4-18-10/h3-4,7H,6H2,1-2H3,(H,13,15)(H,16,17). The lowest BCUT2D eigenvalue weighted by Gasteiger charge is -2.20. The van der Waals surface area contributed by atoms with Crippen LogP contribution >= 0.6 is 11.3 Å². The number of rotatable bonds is 5. The van der Waals surface area contributed by atoms with E-state index in [2.05, 4.69) is 5.32 Å². The molecule has 0 spiro atoms. The number of carboxylic acids is 1. The molecule has 1 amide bonds. The highest BCUT2D eigenvalue weighted by Crippen LogP contribution is 2.21. The Kier molecular flexibility index (Phi) is 4.83. The second-order valence-corrected chi connectivity index (χ2v) is 4.67. The molecule has 1 unspecified atom stereocenters. The monoisotopic (exact) mass is 267 g/mol. The van der Waals surface area contributed by atoms with Gasteiger partial charge >= 0.3 is 5.97 Å². The largest absolute Gasteiger partial charge is 0.480 e. The van der Waals surface area contributed by atoms with Crippen LogP contribution in [0, 0.1) is 11.3 Å². The molecule has 0 bridgehead atoms. The summed E-state index contributed by atoms with van der Waals surface area (Å²) in [7, 11) is 1.55. The van der Waals surface area contributed by atoms with Crippen LogP contribution in [0.25, 0.3) is 0 Å². The van der Waals surface area contributed by atoms with Gasteiger partial charge in [0.05, 0.1) is 12.1 Å². The minimum absolute atomic E-state index is 0.0454. The molecule has 0 aromatic carbocycles. The van der Waals surface area contributed by atoms with E-state index in [0.29, 0.717) is 10.6 Å². The minimum atomic E-state index is -0.987. The quantitative estimate of drug-likeness (QED) is 0.829. The number of likely N-dealkylation sites (N-methyl/N-ethyl adjacent to an activating group) is 1. The molecule has 1 atom stereocenters. The number of nitrogens with one attached hydrogen (secondary N) is 1. The Bertz CT molecular complexity index is 492. The van der Waals surface area contributed by atoms with Gasteiger partial charge in [-0.2, -0.15) is 5.26 Å². The summed E-state index contributed by atoms with van der Waals surface area (Å²) in [6, 6.07) is 2.84. The zero-order valence-corrected chi connectivity index (χ0v) is 10.8. The van der Waals surface area contributed by atoms with Crippen LogP contribution in [0.3, 0.4) is 0 Å². The molecule has 1 aromatic rings. The summed E-state index contributed by atoms with van der Waals surface area (Å²) in [4.78, 5) is 23.8. The molecule has 0 saturated carbocycles. The molecule has 1 rings (SSSR count). The maximum Gasteiger partial charge on any atom is 0.320 e. The zero-order chi connectivity index (χ0) is 13.7. The van der Waals surface area contributed by atoms with Crippen molar-refractivity contribution < 1.29 is 14.7 Å². The van der Waals surface area contributed by atoms with E-state index in [4.69, 9.17) is 10.4 Å². The van der Waals surface area contributed by atoms with E-state index < -0.39 is 12.0 Å². The molecule has 0 aliphatic carbocycles. The molecule has 0 saturated heterocycles. The van der Waals surface area contributed by atoms with Crippen LogP contribution in [0.15, 0.2) is 11.4 Å². The van der Waals surface area contributed by atoms with E-state index in [0.717, 1.165) is 0 Å². The van der Waals surface area contributed by atoms with Crippen LogP contribution in [0.5, 0.6) is 0 Å². The van der Waals surface area contributed by atoms with Gasteiger partial charge in [-0.25, -0.2) is 0 Å². The summed E-state index contributed by atoms with van der Waals surface area (Å²) in [5.41, 5.74) is 0.405. The molecular weight excluding hydrogens is 254 g/mol. The number of carbonyl (C=O) groups is 2. The summed E-state index contributed by atoms with van der Waals surface area (Å²) >= 11 is 1.25. The Morgan fingerprint density at radius 2 is 2.33 bits per heavy atom. The summed E-state index contributed by atoms with van der Waals surface area (Å²) in [5.74, 6) is -1.33. The van der Waals surface area contributed by atoms with Crippen molar-refractivity contribution in [2.75, 3.05) is 18.9 Å². The van der Waals surface area contributed by atoms with Crippen molar-refractivity contribution >= 4 is 28.2 Å². The van der Waals surface area contributed by atoms with Gasteiger partial charge in [0.2, 0.25) is 5.91 Å². The van der Waals surface area contributed by atoms with E-state index in [-0.39, 0.29) is 12.5 Å². The highest BCUT2D eigenvalue weighted by Gasteiger charge is 2.19. The third-order valence-corrected chi connectivity index (χ3v) is 3.28. The van der Waals surface area contributed by atoms with E-state index in [1.807, 2.05) is 6.07 Å². The number of aliphatic carboxylic acids is 1. The fourth-order valence-electron chi connectivity index (χ4n) is 1.21. The Hall–Kier alpha value is -1.91. The van der Waals surface area contributed by atoms with Gasteiger partial charge in [0, 0.05) is 0 Å². The molecule has 0 radical (unpaired) electrons. The first-order chi connectivity index (χ1) is 8.45. The van der Waals surface area contributed by atoms with Crippen molar-refractivity contribution in [2.45, 2.75) is 13.0 Å². The van der Waals surface area contributed by atoms with Crippen molar-refractivity contribution in [3.8, 4) is 6.07 Å². The van der Waals surface area contributed by atoms with Crippen LogP contribution in [0.2, 0.25) is 0 Å². The maximum absolute atomic E-state index is 11.7. The van der Waals surface area contributed by atoms with E-state index >= 15 is 0 Å². The second kappa shape index (κ2) is 6.14. The van der Waals surface area contributed by atoms with E-state index in [1.165, 1.54) is 23.2 Å². The predicted molar refractivity (Wildman–Crippen MR) is 67.4 cm³/mol. The molecule has 96 valence electrons. The Balaban J connectivity index is 2.58. The van der Waals surface area contributed by atoms with Gasteiger partial charge in [-0.3, -0.25) is 14.5 Å². The molecule has 18 heavy (non-hydrogen) atoms. The van der Waals surface area contributed by atoms with Gasteiger partial charge in [0.15, 0.2) is 0 Å². The van der Waals surface area contributed by atoms with Gasteiger partial charge < -0.3 is 10.4 Å². The maximum atomic E-state index is 11.7. The van der Waals surface area contributed by atoms with Crippen molar-refractivity contribution in [1.29, 1.82) is 5.26 Å². The third kappa shape index (κ3) is 3.55. The van der Waals surface area contributed by atoms with Gasteiger partial charge in [0.1, 0.15) is 17.1 Å². The molecule has 2 N–H and O–H groups in total. The number of anilines is 1. The zero-order valence-electron chi connectivity index (χ0n) is 10.0. The first-order valence-corrected chi connectivity index (χ1v) is 6.04. The third-order valence-electron chi connectivity index (χ3n) is 2.45. The highest BCUT2D eigenvalue weighted by atomic mass is 32.1. The Labute approximate surface area is 108 Å². The second-order valence-electron chi connectivity index (χ2n) is 3.75. The molecule has 1 heterocycles. The molecule has 1 aromatic heterocycles.